The van der Waals surface area contributed by atoms with Crippen molar-refractivity contribution in [3.8, 4) is 0 Å². The molecule has 15 heavy (non-hydrogen) atoms. The van der Waals surface area contributed by atoms with Gasteiger partial charge in [0.05, 0.1) is 11.5 Å². The van der Waals surface area contributed by atoms with Crippen LogP contribution in [0, 0.1) is 5.92 Å². The molecular formula is C9H17F3N2O. The lowest BCUT2D eigenvalue weighted by Crippen LogP contribution is -2.41. The van der Waals surface area contributed by atoms with Gasteiger partial charge in [-0.05, 0) is 13.3 Å². The van der Waals surface area contributed by atoms with Crippen molar-refractivity contribution < 1.29 is 18.3 Å². The largest absolute Gasteiger partial charge is 0.394 e. The molecule has 1 aliphatic heterocycles. The summed E-state index contributed by atoms with van der Waals surface area (Å²) in [5.74, 6) is -1.49. The van der Waals surface area contributed by atoms with Gasteiger partial charge in [0.1, 0.15) is 0 Å². The minimum Gasteiger partial charge on any atom is -0.389 e. The van der Waals surface area contributed by atoms with E-state index in [4.69, 9.17) is 5.73 Å². The zero-order chi connectivity index (χ0) is 11.7. The molecule has 0 aromatic heterocycles. The number of hydrogen-bond donors (Lipinski definition) is 2. The average molecular weight is 226 g/mol. The fraction of sp³-hybridized carbons (Fsp3) is 1.00. The summed E-state index contributed by atoms with van der Waals surface area (Å²) in [5.41, 5.74) is 4.24. The van der Waals surface area contributed by atoms with Crippen LogP contribution in [-0.2, 0) is 0 Å². The van der Waals surface area contributed by atoms with Gasteiger partial charge in [-0.1, -0.05) is 0 Å². The molecule has 2 atom stereocenters. The van der Waals surface area contributed by atoms with E-state index in [1.54, 1.807) is 11.8 Å². The molecule has 6 heteroatoms. The number of halogens is 3. The Bertz CT molecular complexity index is 218. The van der Waals surface area contributed by atoms with Crippen LogP contribution < -0.4 is 5.73 Å². The Balaban J connectivity index is 2.48. The highest BCUT2D eigenvalue weighted by Crippen LogP contribution is 2.28. The van der Waals surface area contributed by atoms with Crippen molar-refractivity contribution >= 4 is 0 Å². The SMILES string of the molecule is CC1(O)CCN(CC(CN)C(F)(F)F)C1. The topological polar surface area (TPSA) is 49.5 Å². The first-order valence-corrected chi connectivity index (χ1v) is 4.96. The second-order valence-corrected chi connectivity index (χ2v) is 4.46. The van der Waals surface area contributed by atoms with Crippen molar-refractivity contribution in [3.05, 3.63) is 0 Å². The Morgan fingerprint density at radius 3 is 2.47 bits per heavy atom. The van der Waals surface area contributed by atoms with Crippen molar-refractivity contribution in [1.29, 1.82) is 0 Å². The van der Waals surface area contributed by atoms with Gasteiger partial charge in [-0.3, -0.25) is 4.90 Å². The number of aliphatic hydroxyl groups is 1. The van der Waals surface area contributed by atoms with Crippen LogP contribution in [0.5, 0.6) is 0 Å². The summed E-state index contributed by atoms with van der Waals surface area (Å²) in [7, 11) is 0. The molecule has 3 N–H and O–H groups in total. The number of nitrogens with zero attached hydrogens (tertiary/aromatic N) is 1. The molecule has 1 rings (SSSR count). The van der Waals surface area contributed by atoms with Gasteiger partial charge in [0, 0.05) is 26.2 Å². The molecule has 0 radical (unpaired) electrons. The standard InChI is InChI=1S/C9H17F3N2O/c1-8(15)2-3-14(6-8)5-7(4-13)9(10,11)12/h7,15H,2-6,13H2,1H3. The Morgan fingerprint density at radius 1 is 1.53 bits per heavy atom. The highest BCUT2D eigenvalue weighted by molar-refractivity contribution is 4.87. The molecule has 0 aromatic rings. The lowest BCUT2D eigenvalue weighted by molar-refractivity contribution is -0.176. The second kappa shape index (κ2) is 4.27. The molecular weight excluding hydrogens is 209 g/mol. The first kappa shape index (κ1) is 12.7. The number of alkyl halides is 3. The molecule has 0 aliphatic carbocycles. The van der Waals surface area contributed by atoms with E-state index >= 15 is 0 Å². The quantitative estimate of drug-likeness (QED) is 0.740. The van der Waals surface area contributed by atoms with E-state index in [0.29, 0.717) is 19.5 Å². The molecule has 1 fully saturated rings. The first-order chi connectivity index (χ1) is 6.74. The van der Waals surface area contributed by atoms with Crippen molar-refractivity contribution in [2.24, 2.45) is 11.7 Å². The molecule has 0 bridgehead atoms. The number of rotatable bonds is 3. The number of nitrogens with two attached hydrogens (primary N) is 1. The van der Waals surface area contributed by atoms with Crippen molar-refractivity contribution in [3.63, 3.8) is 0 Å². The van der Waals surface area contributed by atoms with E-state index in [0.717, 1.165) is 0 Å². The molecule has 1 heterocycles. The third-order valence-corrected chi connectivity index (χ3v) is 2.76. The Morgan fingerprint density at radius 2 is 2.13 bits per heavy atom. The van der Waals surface area contributed by atoms with Crippen molar-refractivity contribution in [2.75, 3.05) is 26.2 Å². The van der Waals surface area contributed by atoms with Crippen LogP contribution >= 0.6 is 0 Å². The van der Waals surface area contributed by atoms with Gasteiger partial charge in [0.2, 0.25) is 0 Å². The first-order valence-electron chi connectivity index (χ1n) is 4.96. The summed E-state index contributed by atoms with van der Waals surface area (Å²) in [6.45, 7) is 1.91. The zero-order valence-corrected chi connectivity index (χ0v) is 8.72. The van der Waals surface area contributed by atoms with Gasteiger partial charge in [0.25, 0.3) is 0 Å². The summed E-state index contributed by atoms with van der Waals surface area (Å²) in [4.78, 5) is 1.62. The molecule has 0 saturated carbocycles. The van der Waals surface area contributed by atoms with Crippen LogP contribution in [0.3, 0.4) is 0 Å². The molecule has 90 valence electrons. The highest BCUT2D eigenvalue weighted by atomic mass is 19.4. The number of β-amino-alcohol motifs (C(OH)–C–C–N with tert-alkyl or cyclic N) is 1. The lowest BCUT2D eigenvalue weighted by Gasteiger charge is -2.25. The van der Waals surface area contributed by atoms with Crippen molar-refractivity contribution in [2.45, 2.75) is 25.1 Å². The molecule has 3 nitrogen and oxygen atoms in total. The lowest BCUT2D eigenvalue weighted by atomic mass is 10.1. The third-order valence-electron chi connectivity index (χ3n) is 2.76. The van der Waals surface area contributed by atoms with Crippen LogP contribution in [0.25, 0.3) is 0 Å². The minimum atomic E-state index is -4.25. The maximum atomic E-state index is 12.4. The molecule has 0 amide bonds. The van der Waals surface area contributed by atoms with Crippen LogP contribution in [0.15, 0.2) is 0 Å². The van der Waals surface area contributed by atoms with Crippen LogP contribution in [-0.4, -0.2) is 48.0 Å². The Kier molecular flexibility index (Phi) is 3.63. The predicted octanol–water partition coefficient (Wildman–Crippen LogP) is 0.580. The third kappa shape index (κ3) is 3.62. The Hall–Kier alpha value is -0.330. The summed E-state index contributed by atoms with van der Waals surface area (Å²) >= 11 is 0. The fourth-order valence-electron chi connectivity index (χ4n) is 1.82. The maximum absolute atomic E-state index is 12.4. The summed E-state index contributed by atoms with van der Waals surface area (Å²) in [5, 5.41) is 9.60. The second-order valence-electron chi connectivity index (χ2n) is 4.46. The summed E-state index contributed by atoms with van der Waals surface area (Å²) < 4.78 is 37.2. The Labute approximate surface area is 87.0 Å². The fourth-order valence-corrected chi connectivity index (χ4v) is 1.82. The van der Waals surface area contributed by atoms with E-state index in [-0.39, 0.29) is 6.54 Å². The van der Waals surface area contributed by atoms with Gasteiger partial charge in [-0.2, -0.15) is 13.2 Å². The number of hydrogen-bond acceptors (Lipinski definition) is 3. The van der Waals surface area contributed by atoms with Gasteiger partial charge >= 0.3 is 6.18 Å². The van der Waals surface area contributed by atoms with Gasteiger partial charge < -0.3 is 10.8 Å². The molecule has 1 aliphatic rings. The maximum Gasteiger partial charge on any atom is 0.394 e. The van der Waals surface area contributed by atoms with E-state index in [9.17, 15) is 18.3 Å². The summed E-state index contributed by atoms with van der Waals surface area (Å²) in [6, 6.07) is 0. The predicted molar refractivity (Wildman–Crippen MR) is 50.3 cm³/mol. The highest BCUT2D eigenvalue weighted by Gasteiger charge is 2.41. The molecule has 0 aromatic carbocycles. The van der Waals surface area contributed by atoms with E-state index in [2.05, 4.69) is 0 Å². The zero-order valence-electron chi connectivity index (χ0n) is 8.72. The van der Waals surface area contributed by atoms with Gasteiger partial charge in [-0.15, -0.1) is 0 Å². The smallest absolute Gasteiger partial charge is 0.389 e. The normalized spacial score (nSPS) is 30.8. The van der Waals surface area contributed by atoms with E-state index in [1.165, 1.54) is 0 Å². The minimum absolute atomic E-state index is 0.115. The molecule has 2 unspecified atom stereocenters. The molecule has 0 spiro atoms. The molecule has 1 saturated heterocycles. The van der Waals surface area contributed by atoms with Gasteiger partial charge in [0.15, 0.2) is 0 Å². The van der Waals surface area contributed by atoms with Crippen molar-refractivity contribution in [1.82, 2.24) is 4.90 Å². The summed E-state index contributed by atoms with van der Waals surface area (Å²) in [6.07, 6.45) is -3.73. The van der Waals surface area contributed by atoms with E-state index < -0.39 is 24.2 Å². The van der Waals surface area contributed by atoms with Crippen LogP contribution in [0.2, 0.25) is 0 Å². The number of likely N-dealkylation sites (tertiary alicyclic amines) is 1. The average Bonchev–Trinajstić information content (AvgIpc) is 2.39. The van der Waals surface area contributed by atoms with Crippen LogP contribution in [0.4, 0.5) is 13.2 Å². The monoisotopic (exact) mass is 226 g/mol. The van der Waals surface area contributed by atoms with Crippen LogP contribution in [0.1, 0.15) is 13.3 Å². The van der Waals surface area contributed by atoms with Gasteiger partial charge in [-0.25, -0.2) is 0 Å². The van der Waals surface area contributed by atoms with E-state index in [1.807, 2.05) is 0 Å².